The van der Waals surface area contributed by atoms with Crippen molar-refractivity contribution < 1.29 is 22.4 Å². The van der Waals surface area contributed by atoms with E-state index in [1.54, 1.807) is 18.2 Å². The number of hydrogen-bond acceptors (Lipinski definition) is 4. The normalized spacial score (nSPS) is 12.6. The predicted molar refractivity (Wildman–Crippen MR) is 171 cm³/mol. The second-order valence-corrected chi connectivity index (χ2v) is 12.6. The molecule has 0 spiro atoms. The molecule has 0 aliphatic heterocycles. The van der Waals surface area contributed by atoms with Gasteiger partial charge in [0, 0.05) is 19.0 Å². The van der Waals surface area contributed by atoms with Crippen LogP contribution in [0.5, 0.6) is 0 Å². The Kier molecular flexibility index (Phi) is 10.9. The lowest BCUT2D eigenvalue weighted by molar-refractivity contribution is -0.140. The van der Waals surface area contributed by atoms with Crippen molar-refractivity contribution in [2.75, 3.05) is 10.8 Å². The first-order chi connectivity index (χ1) is 21.1. The van der Waals surface area contributed by atoms with Crippen LogP contribution in [0.3, 0.4) is 0 Å². The Morgan fingerprint density at radius 1 is 0.841 bits per heavy atom. The third kappa shape index (κ3) is 7.90. The van der Waals surface area contributed by atoms with Crippen LogP contribution in [-0.2, 0) is 32.6 Å². The Morgan fingerprint density at radius 3 is 2.07 bits per heavy atom. The molecule has 2 amide bonds. The van der Waals surface area contributed by atoms with Gasteiger partial charge >= 0.3 is 0 Å². The molecule has 7 nitrogen and oxygen atoms in total. The maximum Gasteiger partial charge on any atom is 0.264 e. The molecule has 0 bridgehead atoms. The van der Waals surface area contributed by atoms with Crippen molar-refractivity contribution in [3.8, 4) is 0 Å². The number of nitrogens with one attached hydrogen (secondary N) is 1. The SMILES string of the molecule is CC[C@H](C)NC(=O)[C@H](Cc1ccccc1)N(Cc1ccccc1C)C(=O)CN(c1ccccc1F)S(=O)(=O)c1ccccc1. The summed E-state index contributed by atoms with van der Waals surface area (Å²) in [6.07, 6.45) is 0.887. The zero-order chi connectivity index (χ0) is 31.7. The average Bonchev–Trinajstić information content (AvgIpc) is 3.03. The highest BCUT2D eigenvalue weighted by atomic mass is 32.2. The Hall–Kier alpha value is -4.50. The van der Waals surface area contributed by atoms with E-state index in [-0.39, 0.29) is 35.5 Å². The largest absolute Gasteiger partial charge is 0.352 e. The van der Waals surface area contributed by atoms with Crippen molar-refractivity contribution in [2.45, 2.75) is 57.1 Å². The molecule has 0 heterocycles. The third-order valence-electron chi connectivity index (χ3n) is 7.61. The first-order valence-electron chi connectivity index (χ1n) is 14.6. The fraction of sp³-hybridized carbons (Fsp3) is 0.257. The van der Waals surface area contributed by atoms with E-state index in [0.29, 0.717) is 6.42 Å². The van der Waals surface area contributed by atoms with Gasteiger partial charge in [-0.25, -0.2) is 12.8 Å². The highest BCUT2D eigenvalue weighted by Gasteiger charge is 2.35. The number of aryl methyl sites for hydroxylation is 1. The van der Waals surface area contributed by atoms with Crippen molar-refractivity contribution in [2.24, 2.45) is 0 Å². The summed E-state index contributed by atoms with van der Waals surface area (Å²) in [6.45, 7) is 5.08. The molecule has 0 aliphatic rings. The number of nitrogens with zero attached hydrogens (tertiary/aromatic N) is 2. The number of hydrogen-bond donors (Lipinski definition) is 1. The molecule has 230 valence electrons. The van der Waals surface area contributed by atoms with Crippen molar-refractivity contribution in [3.63, 3.8) is 0 Å². The van der Waals surface area contributed by atoms with Crippen molar-refractivity contribution >= 4 is 27.5 Å². The lowest BCUT2D eigenvalue weighted by atomic mass is 10.0. The van der Waals surface area contributed by atoms with E-state index < -0.39 is 34.3 Å². The zero-order valence-electron chi connectivity index (χ0n) is 25.2. The summed E-state index contributed by atoms with van der Waals surface area (Å²) < 4.78 is 43.9. The summed E-state index contributed by atoms with van der Waals surface area (Å²) in [5, 5.41) is 3.01. The number of halogens is 1. The topological polar surface area (TPSA) is 86.8 Å². The molecule has 0 saturated heterocycles. The van der Waals surface area contributed by atoms with Crippen molar-refractivity contribution in [1.82, 2.24) is 10.2 Å². The Labute approximate surface area is 259 Å². The average molecular weight is 616 g/mol. The summed E-state index contributed by atoms with van der Waals surface area (Å²) in [4.78, 5) is 29.6. The van der Waals surface area contributed by atoms with Crippen LogP contribution in [0.15, 0.2) is 114 Å². The standard InChI is InChI=1S/C35H38FN3O4S/c1-4-27(3)37-35(41)33(23-28-16-7-5-8-17-28)38(24-29-18-12-11-15-26(29)2)34(40)25-39(32-22-14-13-21-31(32)36)44(42,43)30-19-9-6-10-20-30/h5-22,27,33H,4,23-25H2,1-3H3,(H,37,41)/t27-,33-/m0/s1. The fourth-order valence-corrected chi connectivity index (χ4v) is 6.30. The molecule has 0 aromatic heterocycles. The number of carbonyl (C=O) groups is 2. The fourth-order valence-electron chi connectivity index (χ4n) is 4.85. The summed E-state index contributed by atoms with van der Waals surface area (Å²) in [7, 11) is -4.37. The molecule has 44 heavy (non-hydrogen) atoms. The van der Waals surface area contributed by atoms with Gasteiger partial charge in [-0.05, 0) is 61.2 Å². The van der Waals surface area contributed by atoms with Crippen LogP contribution >= 0.6 is 0 Å². The quantitative estimate of drug-likeness (QED) is 0.203. The van der Waals surface area contributed by atoms with Gasteiger partial charge in [0.2, 0.25) is 11.8 Å². The molecule has 0 fully saturated rings. The number of rotatable bonds is 13. The van der Waals surface area contributed by atoms with E-state index in [1.807, 2.05) is 75.4 Å². The van der Waals surface area contributed by atoms with Crippen LogP contribution in [0, 0.1) is 12.7 Å². The number of para-hydroxylation sites is 1. The lowest BCUT2D eigenvalue weighted by Gasteiger charge is -2.34. The lowest BCUT2D eigenvalue weighted by Crippen LogP contribution is -2.54. The molecule has 0 aliphatic carbocycles. The molecule has 2 atom stereocenters. The van der Waals surface area contributed by atoms with Gasteiger partial charge < -0.3 is 10.2 Å². The molecule has 0 saturated carbocycles. The van der Waals surface area contributed by atoms with Crippen LogP contribution in [0.1, 0.15) is 37.0 Å². The van der Waals surface area contributed by atoms with Crippen molar-refractivity contribution in [1.29, 1.82) is 0 Å². The van der Waals surface area contributed by atoms with Crippen molar-refractivity contribution in [3.05, 3.63) is 132 Å². The second kappa shape index (κ2) is 14.8. The zero-order valence-corrected chi connectivity index (χ0v) is 26.0. The molecule has 1 N–H and O–H groups in total. The number of benzene rings is 4. The van der Waals surface area contributed by atoms with Gasteiger partial charge in [-0.2, -0.15) is 0 Å². The van der Waals surface area contributed by atoms with Gasteiger partial charge in [0.25, 0.3) is 10.0 Å². The second-order valence-electron chi connectivity index (χ2n) is 10.7. The maximum atomic E-state index is 15.2. The van der Waals surface area contributed by atoms with Crippen LogP contribution in [0.4, 0.5) is 10.1 Å². The van der Waals surface area contributed by atoms with E-state index in [1.165, 1.54) is 35.2 Å². The Balaban J connectivity index is 1.82. The number of sulfonamides is 1. The van der Waals surface area contributed by atoms with Crippen LogP contribution < -0.4 is 9.62 Å². The summed E-state index contributed by atoms with van der Waals surface area (Å²) in [5.41, 5.74) is 2.29. The molecule has 4 aromatic rings. The van der Waals surface area contributed by atoms with Crippen LogP contribution in [0.25, 0.3) is 0 Å². The summed E-state index contributed by atoms with van der Waals surface area (Å²) in [6, 6.07) is 28.8. The smallest absolute Gasteiger partial charge is 0.264 e. The first kappa shape index (κ1) is 32.4. The van der Waals surface area contributed by atoms with E-state index in [2.05, 4.69) is 5.32 Å². The van der Waals surface area contributed by atoms with Crippen LogP contribution in [0.2, 0.25) is 0 Å². The molecule has 4 rings (SSSR count). The molecular weight excluding hydrogens is 577 g/mol. The van der Waals surface area contributed by atoms with Gasteiger partial charge in [0.05, 0.1) is 10.6 Å². The van der Waals surface area contributed by atoms with Crippen LogP contribution in [-0.4, -0.2) is 43.8 Å². The molecule has 0 radical (unpaired) electrons. The van der Waals surface area contributed by atoms with Gasteiger partial charge in [-0.1, -0.05) is 91.9 Å². The van der Waals surface area contributed by atoms with Gasteiger partial charge in [0.15, 0.2) is 0 Å². The highest BCUT2D eigenvalue weighted by molar-refractivity contribution is 7.92. The molecule has 4 aromatic carbocycles. The molecule has 9 heteroatoms. The Morgan fingerprint density at radius 2 is 1.43 bits per heavy atom. The minimum atomic E-state index is -4.37. The summed E-state index contributed by atoms with van der Waals surface area (Å²) >= 11 is 0. The minimum Gasteiger partial charge on any atom is -0.352 e. The van der Waals surface area contributed by atoms with Gasteiger partial charge in [-0.3, -0.25) is 13.9 Å². The van der Waals surface area contributed by atoms with E-state index in [0.717, 1.165) is 27.1 Å². The third-order valence-corrected chi connectivity index (χ3v) is 9.38. The highest BCUT2D eigenvalue weighted by Crippen LogP contribution is 2.27. The van der Waals surface area contributed by atoms with E-state index >= 15 is 4.39 Å². The summed E-state index contributed by atoms with van der Waals surface area (Å²) in [5.74, 6) is -1.79. The minimum absolute atomic E-state index is 0.0490. The maximum absolute atomic E-state index is 15.2. The monoisotopic (exact) mass is 615 g/mol. The Bertz CT molecular complexity index is 1670. The number of amides is 2. The number of anilines is 1. The molecular formula is C35H38FN3O4S. The first-order valence-corrected chi connectivity index (χ1v) is 16.1. The van der Waals surface area contributed by atoms with E-state index in [4.69, 9.17) is 0 Å². The molecule has 0 unspecified atom stereocenters. The number of carbonyl (C=O) groups excluding carboxylic acids is 2. The van der Waals surface area contributed by atoms with Gasteiger partial charge in [-0.15, -0.1) is 0 Å². The predicted octanol–water partition coefficient (Wildman–Crippen LogP) is 5.88. The van der Waals surface area contributed by atoms with Gasteiger partial charge in [0.1, 0.15) is 18.4 Å². The van der Waals surface area contributed by atoms with E-state index in [9.17, 15) is 18.0 Å².